The number of amides is 1. The monoisotopic (exact) mass is 313 g/mol. The number of carboxylic acid groups (broad SMARTS) is 1. The average Bonchev–Trinajstić information content (AvgIpc) is 2.61. The summed E-state index contributed by atoms with van der Waals surface area (Å²) in [7, 11) is 0. The van der Waals surface area contributed by atoms with Gasteiger partial charge in [0, 0.05) is 11.6 Å². The van der Waals surface area contributed by atoms with Crippen molar-refractivity contribution in [2.45, 2.75) is 59.2 Å². The summed E-state index contributed by atoms with van der Waals surface area (Å²) in [5, 5.41) is 25.4. The number of carbonyl (C=O) groups excluding carboxylic acids is 1. The predicted octanol–water partition coefficient (Wildman–Crippen LogP) is 1.76. The van der Waals surface area contributed by atoms with Crippen molar-refractivity contribution in [1.82, 2.24) is 15.1 Å². The predicted molar refractivity (Wildman–Crippen MR) is 79.1 cm³/mol. The summed E-state index contributed by atoms with van der Waals surface area (Å²) >= 11 is 0. The van der Waals surface area contributed by atoms with Gasteiger partial charge in [-0.3, -0.25) is 4.68 Å². The number of hydrogen-bond donors (Lipinski definition) is 3. The summed E-state index contributed by atoms with van der Waals surface area (Å²) < 4.78 is 6.31. The van der Waals surface area contributed by atoms with E-state index >= 15 is 0 Å². The van der Waals surface area contributed by atoms with E-state index in [1.54, 1.807) is 34.6 Å². The first-order valence-corrected chi connectivity index (χ1v) is 7.06. The van der Waals surface area contributed by atoms with Gasteiger partial charge >= 0.3 is 12.1 Å². The van der Waals surface area contributed by atoms with Crippen molar-refractivity contribution in [3.63, 3.8) is 0 Å². The van der Waals surface area contributed by atoms with Crippen LogP contribution in [0.4, 0.5) is 4.79 Å². The molecule has 0 unspecified atom stereocenters. The van der Waals surface area contributed by atoms with Gasteiger partial charge in [0.2, 0.25) is 5.88 Å². The molecule has 22 heavy (non-hydrogen) atoms. The number of nitrogens with one attached hydrogen (secondary N) is 1. The molecule has 0 spiro atoms. The number of aromatic carboxylic acids is 1. The van der Waals surface area contributed by atoms with E-state index in [0.29, 0.717) is 6.42 Å². The van der Waals surface area contributed by atoms with Gasteiger partial charge in [-0.2, -0.15) is 0 Å². The Bertz CT molecular complexity index is 560. The quantitative estimate of drug-likeness (QED) is 0.763. The molecule has 8 nitrogen and oxygen atoms in total. The zero-order chi connectivity index (χ0) is 17.1. The molecule has 0 saturated heterocycles. The van der Waals surface area contributed by atoms with Crippen LogP contribution in [0.5, 0.6) is 5.88 Å². The molecular formula is C14H23N3O5. The Labute approximate surface area is 129 Å². The van der Waals surface area contributed by atoms with Crippen molar-refractivity contribution >= 4 is 12.1 Å². The molecule has 1 heterocycles. The Balaban J connectivity index is 2.83. The third-order valence-corrected chi connectivity index (χ3v) is 2.80. The minimum atomic E-state index is -1.17. The van der Waals surface area contributed by atoms with Crippen molar-refractivity contribution in [1.29, 1.82) is 0 Å². The van der Waals surface area contributed by atoms with Crippen LogP contribution in [0, 0.1) is 0 Å². The van der Waals surface area contributed by atoms with E-state index in [9.17, 15) is 19.8 Å². The second kappa shape index (κ2) is 6.67. The molecule has 124 valence electrons. The summed E-state index contributed by atoms with van der Waals surface area (Å²) in [6, 6.07) is -0.419. The van der Waals surface area contributed by atoms with Crippen molar-refractivity contribution in [2.24, 2.45) is 0 Å². The summed E-state index contributed by atoms with van der Waals surface area (Å²) in [5.74, 6) is -1.47. The zero-order valence-corrected chi connectivity index (χ0v) is 13.5. The van der Waals surface area contributed by atoms with Crippen molar-refractivity contribution in [2.75, 3.05) is 0 Å². The van der Waals surface area contributed by atoms with Crippen LogP contribution in [0.15, 0.2) is 0 Å². The minimum absolute atomic E-state index is 0.0714. The Morgan fingerprint density at radius 3 is 2.45 bits per heavy atom. The lowest BCUT2D eigenvalue weighted by Crippen LogP contribution is -2.40. The third-order valence-electron chi connectivity index (χ3n) is 2.80. The van der Waals surface area contributed by atoms with Gasteiger partial charge in [0.1, 0.15) is 5.60 Å². The molecule has 0 radical (unpaired) electrons. The fourth-order valence-electron chi connectivity index (χ4n) is 2.00. The van der Waals surface area contributed by atoms with E-state index in [-0.39, 0.29) is 23.7 Å². The van der Waals surface area contributed by atoms with Crippen molar-refractivity contribution in [3.05, 3.63) is 11.3 Å². The molecule has 0 bridgehead atoms. The molecule has 1 atom stereocenters. The molecule has 0 saturated carbocycles. The maximum atomic E-state index is 11.7. The number of aromatic hydroxyl groups is 1. The standard InChI is InChI=1S/C14H23N3O5/c1-6-9-10(12(19)20)17(16-11(9)18)7-8(2)15-13(21)22-14(3,4)5/h8H,6-7H2,1-5H3,(H,15,21)(H,16,18)(H,19,20)/t8-/m1/s1. The number of alkyl carbamates (subject to hydrolysis) is 1. The lowest BCUT2D eigenvalue weighted by atomic mass is 10.2. The average molecular weight is 313 g/mol. The SMILES string of the molecule is CCc1c(O)nn(C[C@@H](C)NC(=O)OC(C)(C)C)c1C(=O)O. The normalized spacial score (nSPS) is 12.8. The molecule has 1 aromatic heterocycles. The molecule has 8 heteroatoms. The third kappa shape index (κ3) is 4.64. The van der Waals surface area contributed by atoms with Gasteiger partial charge in [-0.1, -0.05) is 6.92 Å². The highest BCUT2D eigenvalue weighted by Gasteiger charge is 2.24. The first-order chi connectivity index (χ1) is 10.0. The molecule has 0 aliphatic carbocycles. The molecule has 0 fully saturated rings. The lowest BCUT2D eigenvalue weighted by Gasteiger charge is -2.22. The van der Waals surface area contributed by atoms with E-state index in [2.05, 4.69) is 10.4 Å². The smallest absolute Gasteiger partial charge is 0.407 e. The number of hydrogen-bond acceptors (Lipinski definition) is 5. The number of rotatable bonds is 5. The van der Waals surface area contributed by atoms with Crippen LogP contribution < -0.4 is 5.32 Å². The zero-order valence-electron chi connectivity index (χ0n) is 13.5. The van der Waals surface area contributed by atoms with E-state index < -0.39 is 23.7 Å². The van der Waals surface area contributed by atoms with Gasteiger partial charge < -0.3 is 20.3 Å². The van der Waals surface area contributed by atoms with Gasteiger partial charge in [-0.25, -0.2) is 9.59 Å². The second-order valence-electron chi connectivity index (χ2n) is 6.04. The van der Waals surface area contributed by atoms with Crippen LogP contribution in [0.2, 0.25) is 0 Å². The van der Waals surface area contributed by atoms with Crippen molar-refractivity contribution in [3.8, 4) is 5.88 Å². The number of carboxylic acids is 1. The molecule has 1 aromatic rings. The van der Waals surface area contributed by atoms with E-state index in [0.717, 1.165) is 0 Å². The second-order valence-corrected chi connectivity index (χ2v) is 6.04. The maximum Gasteiger partial charge on any atom is 0.407 e. The number of ether oxygens (including phenoxy) is 1. The van der Waals surface area contributed by atoms with Gasteiger partial charge in [-0.15, -0.1) is 5.10 Å². The summed E-state index contributed by atoms with van der Waals surface area (Å²) in [6.45, 7) is 8.78. The van der Waals surface area contributed by atoms with E-state index in [4.69, 9.17) is 4.74 Å². The Morgan fingerprint density at radius 1 is 1.41 bits per heavy atom. The highest BCUT2D eigenvalue weighted by Crippen LogP contribution is 2.21. The molecule has 3 N–H and O–H groups in total. The van der Waals surface area contributed by atoms with Crippen LogP contribution in [-0.4, -0.2) is 43.7 Å². The fraction of sp³-hybridized carbons (Fsp3) is 0.643. The highest BCUT2D eigenvalue weighted by molar-refractivity contribution is 5.88. The molecule has 1 rings (SSSR count). The van der Waals surface area contributed by atoms with Gasteiger partial charge in [-0.05, 0) is 34.1 Å². The summed E-state index contributed by atoms with van der Waals surface area (Å²) in [4.78, 5) is 23.0. The molecule has 1 amide bonds. The minimum Gasteiger partial charge on any atom is -0.492 e. The Morgan fingerprint density at radius 2 is 2.00 bits per heavy atom. The first kappa shape index (κ1) is 17.8. The summed E-state index contributed by atoms with van der Waals surface area (Å²) in [5.41, 5.74) is -0.412. The molecule has 0 aliphatic rings. The van der Waals surface area contributed by atoms with Gasteiger partial charge in [0.05, 0.1) is 6.54 Å². The molecule has 0 aliphatic heterocycles. The fourth-order valence-corrected chi connectivity index (χ4v) is 2.00. The van der Waals surface area contributed by atoms with E-state index in [1.165, 1.54) is 4.68 Å². The van der Waals surface area contributed by atoms with E-state index in [1.807, 2.05) is 0 Å². The lowest BCUT2D eigenvalue weighted by molar-refractivity contribution is 0.0503. The molecule has 0 aromatic carbocycles. The van der Waals surface area contributed by atoms with Crippen LogP contribution in [0.3, 0.4) is 0 Å². The van der Waals surface area contributed by atoms with Crippen LogP contribution in [0.25, 0.3) is 0 Å². The van der Waals surface area contributed by atoms with Crippen molar-refractivity contribution < 1.29 is 24.5 Å². The van der Waals surface area contributed by atoms with Crippen LogP contribution >= 0.6 is 0 Å². The van der Waals surface area contributed by atoms with Gasteiger partial charge in [0.25, 0.3) is 0 Å². The largest absolute Gasteiger partial charge is 0.492 e. The Hall–Kier alpha value is -2.25. The number of carbonyl (C=O) groups is 2. The first-order valence-electron chi connectivity index (χ1n) is 7.06. The number of aromatic nitrogens is 2. The van der Waals surface area contributed by atoms with Crippen LogP contribution in [-0.2, 0) is 17.7 Å². The Kier molecular flexibility index (Phi) is 5.40. The highest BCUT2D eigenvalue weighted by atomic mass is 16.6. The molecular weight excluding hydrogens is 290 g/mol. The topological polar surface area (TPSA) is 114 Å². The van der Waals surface area contributed by atoms with Gasteiger partial charge in [0.15, 0.2) is 5.69 Å². The maximum absolute atomic E-state index is 11.7. The van der Waals surface area contributed by atoms with Crippen LogP contribution in [0.1, 0.15) is 50.7 Å². The number of nitrogens with zero attached hydrogens (tertiary/aromatic N) is 2. The summed E-state index contributed by atoms with van der Waals surface area (Å²) in [6.07, 6.45) is -0.245.